The summed E-state index contributed by atoms with van der Waals surface area (Å²) in [7, 11) is 1.95. The van der Waals surface area contributed by atoms with Crippen molar-refractivity contribution in [3.63, 3.8) is 0 Å². The first-order chi connectivity index (χ1) is 14.5. The van der Waals surface area contributed by atoms with Gasteiger partial charge in [-0.05, 0) is 18.4 Å². The number of hydrogen-bond acceptors (Lipinski definition) is 4. The Morgan fingerprint density at radius 3 is 2.30 bits per heavy atom. The zero-order chi connectivity index (χ0) is 20.9. The first kappa shape index (κ1) is 19.3. The lowest BCUT2D eigenvalue weighted by Crippen LogP contribution is -2.64. The Morgan fingerprint density at radius 1 is 1.03 bits per heavy atom. The summed E-state index contributed by atoms with van der Waals surface area (Å²) in [6.07, 6.45) is 5.75. The standard InChI is InChI=1S/C23H29N5O2/c1-17(29)27-12-19(20-25-24-16-26(20)2)22(13-27)14-28(15-22)21(30)23(10-6-7-11-23)18-8-4-3-5-9-18/h3-5,8-9,16,19H,6-7,10-15H2,1-2H3. The monoisotopic (exact) mass is 407 g/mol. The maximum Gasteiger partial charge on any atom is 0.233 e. The van der Waals surface area contributed by atoms with Gasteiger partial charge >= 0.3 is 0 Å². The number of nitrogens with zero attached hydrogens (tertiary/aromatic N) is 5. The third-order valence-corrected chi connectivity index (χ3v) is 7.64. The van der Waals surface area contributed by atoms with Gasteiger partial charge in [0.25, 0.3) is 0 Å². The maximum absolute atomic E-state index is 13.8. The van der Waals surface area contributed by atoms with E-state index in [4.69, 9.17) is 0 Å². The van der Waals surface area contributed by atoms with Gasteiger partial charge in [0.05, 0.1) is 5.41 Å². The molecule has 2 amide bonds. The van der Waals surface area contributed by atoms with Gasteiger partial charge in [0, 0.05) is 51.5 Å². The molecule has 158 valence electrons. The molecule has 7 nitrogen and oxygen atoms in total. The highest BCUT2D eigenvalue weighted by atomic mass is 16.2. The summed E-state index contributed by atoms with van der Waals surface area (Å²) in [5.74, 6) is 1.36. The second-order valence-corrected chi connectivity index (χ2v) is 9.43. The van der Waals surface area contributed by atoms with E-state index >= 15 is 0 Å². The van der Waals surface area contributed by atoms with Gasteiger partial charge in [-0.15, -0.1) is 10.2 Å². The van der Waals surface area contributed by atoms with Crippen molar-refractivity contribution in [1.29, 1.82) is 0 Å². The van der Waals surface area contributed by atoms with Gasteiger partial charge in [-0.3, -0.25) is 9.59 Å². The lowest BCUT2D eigenvalue weighted by molar-refractivity contribution is -0.150. The van der Waals surface area contributed by atoms with E-state index < -0.39 is 0 Å². The van der Waals surface area contributed by atoms with Crippen LogP contribution in [0.1, 0.15) is 49.9 Å². The second-order valence-electron chi connectivity index (χ2n) is 9.43. The highest BCUT2D eigenvalue weighted by Gasteiger charge is 2.60. The second kappa shape index (κ2) is 6.93. The number of carbonyl (C=O) groups excluding carboxylic acids is 2. The molecule has 1 atom stereocenters. The fraction of sp³-hybridized carbons (Fsp3) is 0.565. The van der Waals surface area contributed by atoms with Crippen LogP contribution in [0.4, 0.5) is 0 Å². The SMILES string of the molecule is CC(=O)N1CC(c2nncn2C)C2(C1)CN(C(=O)C1(c3ccccc3)CCCC1)C2. The normalized spacial score (nSPS) is 24.3. The zero-order valence-electron chi connectivity index (χ0n) is 17.8. The molecule has 3 aliphatic rings. The predicted molar refractivity (Wildman–Crippen MR) is 112 cm³/mol. The highest BCUT2D eigenvalue weighted by molar-refractivity contribution is 5.89. The van der Waals surface area contributed by atoms with E-state index in [-0.39, 0.29) is 28.6 Å². The first-order valence-electron chi connectivity index (χ1n) is 10.9. The molecule has 1 spiro atoms. The summed E-state index contributed by atoms with van der Waals surface area (Å²) < 4.78 is 1.95. The molecule has 1 aromatic carbocycles. The molecule has 3 fully saturated rings. The molecule has 5 rings (SSSR count). The van der Waals surface area contributed by atoms with Gasteiger partial charge < -0.3 is 14.4 Å². The average molecular weight is 408 g/mol. The summed E-state index contributed by atoms with van der Waals surface area (Å²) in [4.78, 5) is 29.9. The average Bonchev–Trinajstić information content (AvgIpc) is 3.45. The van der Waals surface area contributed by atoms with Crippen LogP contribution in [0.3, 0.4) is 0 Å². The molecular weight excluding hydrogens is 378 g/mol. The van der Waals surface area contributed by atoms with Crippen molar-refractivity contribution in [1.82, 2.24) is 24.6 Å². The number of rotatable bonds is 3. The fourth-order valence-electron chi connectivity index (χ4n) is 6.01. The van der Waals surface area contributed by atoms with E-state index in [0.717, 1.165) is 37.1 Å². The largest absolute Gasteiger partial charge is 0.341 e. The molecule has 1 aliphatic carbocycles. The van der Waals surface area contributed by atoms with Crippen molar-refractivity contribution in [3.8, 4) is 0 Å². The van der Waals surface area contributed by atoms with Gasteiger partial charge in [-0.1, -0.05) is 43.2 Å². The minimum absolute atomic E-state index is 0.0837. The van der Waals surface area contributed by atoms with E-state index in [2.05, 4.69) is 22.3 Å². The van der Waals surface area contributed by atoms with Crippen molar-refractivity contribution in [2.75, 3.05) is 26.2 Å². The van der Waals surface area contributed by atoms with Gasteiger partial charge in [0.15, 0.2) is 0 Å². The van der Waals surface area contributed by atoms with Crippen LogP contribution >= 0.6 is 0 Å². The third-order valence-electron chi connectivity index (χ3n) is 7.64. The van der Waals surface area contributed by atoms with E-state index in [1.807, 2.05) is 39.6 Å². The van der Waals surface area contributed by atoms with Crippen LogP contribution in [0.15, 0.2) is 36.7 Å². The molecule has 1 unspecified atom stereocenters. The lowest BCUT2D eigenvalue weighted by atomic mass is 9.68. The van der Waals surface area contributed by atoms with E-state index in [1.54, 1.807) is 13.3 Å². The molecular formula is C23H29N5O2. The molecule has 2 aromatic rings. The van der Waals surface area contributed by atoms with E-state index in [1.165, 1.54) is 0 Å². The number of aromatic nitrogens is 3. The molecule has 0 radical (unpaired) electrons. The Labute approximate surface area is 177 Å². The molecule has 0 bridgehead atoms. The van der Waals surface area contributed by atoms with Crippen molar-refractivity contribution in [3.05, 3.63) is 48.0 Å². The van der Waals surface area contributed by atoms with Crippen LogP contribution in [0.5, 0.6) is 0 Å². The lowest BCUT2D eigenvalue weighted by Gasteiger charge is -2.52. The number of amides is 2. The van der Waals surface area contributed by atoms with Crippen LogP contribution in [0.25, 0.3) is 0 Å². The van der Waals surface area contributed by atoms with Crippen molar-refractivity contribution >= 4 is 11.8 Å². The van der Waals surface area contributed by atoms with E-state index in [0.29, 0.717) is 26.2 Å². The number of aryl methyl sites for hydroxylation is 1. The Bertz CT molecular complexity index is 957. The summed E-state index contributed by atoms with van der Waals surface area (Å²) in [6, 6.07) is 10.3. The quantitative estimate of drug-likeness (QED) is 0.781. The Kier molecular flexibility index (Phi) is 4.45. The molecule has 2 aliphatic heterocycles. The summed E-state index contributed by atoms with van der Waals surface area (Å²) in [5.41, 5.74) is 0.635. The molecule has 30 heavy (non-hydrogen) atoms. The maximum atomic E-state index is 13.8. The third kappa shape index (κ3) is 2.78. The Morgan fingerprint density at radius 2 is 1.70 bits per heavy atom. The number of carbonyl (C=O) groups is 2. The van der Waals surface area contributed by atoms with Crippen LogP contribution in [0.2, 0.25) is 0 Å². The smallest absolute Gasteiger partial charge is 0.233 e. The van der Waals surface area contributed by atoms with Crippen molar-refractivity contribution < 1.29 is 9.59 Å². The Balaban J connectivity index is 1.41. The zero-order valence-corrected chi connectivity index (χ0v) is 17.8. The molecule has 0 N–H and O–H groups in total. The van der Waals surface area contributed by atoms with E-state index in [9.17, 15) is 9.59 Å². The molecule has 1 aromatic heterocycles. The summed E-state index contributed by atoms with van der Waals surface area (Å²) in [6.45, 7) is 4.32. The summed E-state index contributed by atoms with van der Waals surface area (Å²) >= 11 is 0. The topological polar surface area (TPSA) is 71.3 Å². The predicted octanol–water partition coefficient (Wildman–Crippen LogP) is 2.10. The van der Waals surface area contributed by atoms with Crippen molar-refractivity contribution in [2.24, 2.45) is 12.5 Å². The molecule has 2 saturated heterocycles. The minimum atomic E-state index is -0.387. The number of benzene rings is 1. The molecule has 7 heteroatoms. The van der Waals surface area contributed by atoms with Crippen LogP contribution in [-0.2, 0) is 22.1 Å². The van der Waals surface area contributed by atoms with Gasteiger partial charge in [0.2, 0.25) is 11.8 Å². The minimum Gasteiger partial charge on any atom is -0.341 e. The van der Waals surface area contributed by atoms with Crippen LogP contribution in [-0.4, -0.2) is 62.6 Å². The summed E-state index contributed by atoms with van der Waals surface area (Å²) in [5, 5.41) is 8.41. The number of likely N-dealkylation sites (tertiary alicyclic amines) is 2. The van der Waals surface area contributed by atoms with Gasteiger partial charge in [0.1, 0.15) is 12.2 Å². The van der Waals surface area contributed by atoms with Gasteiger partial charge in [-0.25, -0.2) is 0 Å². The molecule has 3 heterocycles. The molecule has 1 saturated carbocycles. The first-order valence-corrected chi connectivity index (χ1v) is 10.9. The highest BCUT2D eigenvalue weighted by Crippen LogP contribution is 2.51. The Hall–Kier alpha value is -2.70. The van der Waals surface area contributed by atoms with Gasteiger partial charge in [-0.2, -0.15) is 0 Å². The van der Waals surface area contributed by atoms with Crippen LogP contribution < -0.4 is 0 Å². The van der Waals surface area contributed by atoms with Crippen LogP contribution in [0, 0.1) is 5.41 Å². The number of hydrogen-bond donors (Lipinski definition) is 0. The fourth-order valence-corrected chi connectivity index (χ4v) is 6.01. The van der Waals surface area contributed by atoms with Crippen molar-refractivity contribution in [2.45, 2.75) is 43.9 Å².